The summed E-state index contributed by atoms with van der Waals surface area (Å²) in [5, 5.41) is 5.91. The summed E-state index contributed by atoms with van der Waals surface area (Å²) in [5.74, 6) is -1.41. The van der Waals surface area contributed by atoms with Crippen molar-refractivity contribution in [2.24, 2.45) is 5.41 Å². The first-order valence-corrected chi connectivity index (χ1v) is 17.3. The second kappa shape index (κ2) is 20.2. The van der Waals surface area contributed by atoms with Crippen molar-refractivity contribution in [1.29, 1.82) is 0 Å². The summed E-state index contributed by atoms with van der Waals surface area (Å²) in [6.07, 6.45) is 22.8. The molecule has 2 rings (SSSR count). The molecule has 0 bridgehead atoms. The van der Waals surface area contributed by atoms with Gasteiger partial charge in [-0.25, -0.2) is 0 Å². The van der Waals surface area contributed by atoms with Crippen LogP contribution in [0.4, 0.5) is 0 Å². The van der Waals surface area contributed by atoms with Crippen molar-refractivity contribution in [2.75, 3.05) is 13.2 Å². The summed E-state index contributed by atoms with van der Waals surface area (Å²) in [5.41, 5.74) is -0.473. The molecule has 1 saturated heterocycles. The molecule has 0 radical (unpaired) electrons. The number of nitrogens with one attached hydrogen (secondary N) is 2. The Morgan fingerprint density at radius 2 is 1.47 bits per heavy atom. The number of allylic oxidation sites excluding steroid dienone is 2. The molecular formula is C35H62N2O6. The molecule has 1 unspecified atom stereocenters. The fourth-order valence-electron chi connectivity index (χ4n) is 5.80. The summed E-state index contributed by atoms with van der Waals surface area (Å²) in [7, 11) is 0. The quantitative estimate of drug-likeness (QED) is 0.0808. The van der Waals surface area contributed by atoms with E-state index in [1.807, 2.05) is 13.8 Å². The van der Waals surface area contributed by atoms with E-state index in [2.05, 4.69) is 29.7 Å². The standard InChI is InChI=1S/C35H62N2O6/c1-6-7-8-9-10-11-12-13-14-15-16-17-18-19-20-24-30(38)37-28-22-21-23-29(28)42-31(39)25-26-36-33(40)32-34(2,3)27-41-35(4,5)43-32/h13-14,28-29,32H,6-12,15-27H2,1-5H3,(H,36,40)(H,37,38)/t28-,29-,32?/m1/s1. The predicted molar refractivity (Wildman–Crippen MR) is 171 cm³/mol. The maximum atomic E-state index is 12.8. The first-order chi connectivity index (χ1) is 20.5. The lowest BCUT2D eigenvalue weighted by Crippen LogP contribution is -2.56. The van der Waals surface area contributed by atoms with Gasteiger partial charge in [0, 0.05) is 18.4 Å². The fraction of sp³-hybridized carbons (Fsp3) is 0.857. The van der Waals surface area contributed by atoms with Gasteiger partial charge in [0.25, 0.3) is 0 Å². The Morgan fingerprint density at radius 3 is 2.14 bits per heavy atom. The second-order valence-corrected chi connectivity index (χ2v) is 13.7. The highest BCUT2D eigenvalue weighted by Gasteiger charge is 2.45. The summed E-state index contributed by atoms with van der Waals surface area (Å²) >= 11 is 0. The van der Waals surface area contributed by atoms with Crippen molar-refractivity contribution < 1.29 is 28.6 Å². The summed E-state index contributed by atoms with van der Waals surface area (Å²) in [6.45, 7) is 10.3. The van der Waals surface area contributed by atoms with Crippen LogP contribution in [0.5, 0.6) is 0 Å². The van der Waals surface area contributed by atoms with Crippen LogP contribution in [-0.4, -0.2) is 55.0 Å². The molecule has 3 atom stereocenters. The van der Waals surface area contributed by atoms with Gasteiger partial charge >= 0.3 is 5.97 Å². The molecule has 248 valence electrons. The fourth-order valence-corrected chi connectivity index (χ4v) is 5.80. The van der Waals surface area contributed by atoms with Gasteiger partial charge in [0.1, 0.15) is 12.2 Å². The van der Waals surface area contributed by atoms with Gasteiger partial charge in [0.15, 0.2) is 5.79 Å². The zero-order chi connectivity index (χ0) is 31.6. The number of hydrogen-bond acceptors (Lipinski definition) is 6. The molecule has 2 amide bonds. The highest BCUT2D eigenvalue weighted by molar-refractivity contribution is 5.82. The Balaban J connectivity index is 1.51. The zero-order valence-corrected chi connectivity index (χ0v) is 28.0. The number of rotatable bonds is 21. The van der Waals surface area contributed by atoms with Crippen LogP contribution in [0.25, 0.3) is 0 Å². The van der Waals surface area contributed by atoms with E-state index in [9.17, 15) is 14.4 Å². The van der Waals surface area contributed by atoms with E-state index in [0.29, 0.717) is 13.0 Å². The lowest BCUT2D eigenvalue weighted by atomic mass is 9.85. The minimum Gasteiger partial charge on any atom is -0.460 e. The van der Waals surface area contributed by atoms with Gasteiger partial charge in [0.2, 0.25) is 11.8 Å². The van der Waals surface area contributed by atoms with Crippen molar-refractivity contribution in [3.05, 3.63) is 12.2 Å². The van der Waals surface area contributed by atoms with Crippen LogP contribution in [0, 0.1) is 5.41 Å². The minimum absolute atomic E-state index is 0.0415. The zero-order valence-electron chi connectivity index (χ0n) is 28.0. The third-order valence-corrected chi connectivity index (χ3v) is 8.52. The third kappa shape index (κ3) is 15.6. The van der Waals surface area contributed by atoms with E-state index in [1.54, 1.807) is 13.8 Å². The summed E-state index contributed by atoms with van der Waals surface area (Å²) in [6, 6.07) is -0.132. The van der Waals surface area contributed by atoms with E-state index in [1.165, 1.54) is 57.8 Å². The number of ether oxygens (including phenoxy) is 3. The van der Waals surface area contributed by atoms with Crippen molar-refractivity contribution in [3.63, 3.8) is 0 Å². The SMILES string of the molecule is CCCCCCCCC=CCCCCCCCC(=O)N[C@@H]1CCC[C@H]1OC(=O)CCNC(=O)C1OC(C)(C)OCC1(C)C. The lowest BCUT2D eigenvalue weighted by molar-refractivity contribution is -0.304. The largest absolute Gasteiger partial charge is 0.460 e. The van der Waals surface area contributed by atoms with E-state index < -0.39 is 17.3 Å². The highest BCUT2D eigenvalue weighted by Crippen LogP contribution is 2.34. The van der Waals surface area contributed by atoms with Crippen LogP contribution in [0.3, 0.4) is 0 Å². The number of amides is 2. The average molecular weight is 607 g/mol. The second-order valence-electron chi connectivity index (χ2n) is 13.7. The van der Waals surface area contributed by atoms with Crippen LogP contribution in [0.1, 0.15) is 150 Å². The minimum atomic E-state index is -0.831. The highest BCUT2D eigenvalue weighted by atomic mass is 16.7. The maximum absolute atomic E-state index is 12.8. The molecule has 1 saturated carbocycles. The molecule has 2 N–H and O–H groups in total. The first-order valence-electron chi connectivity index (χ1n) is 17.3. The van der Waals surface area contributed by atoms with Gasteiger partial charge in [-0.2, -0.15) is 0 Å². The number of hydrogen-bond donors (Lipinski definition) is 2. The van der Waals surface area contributed by atoms with Crippen LogP contribution in [0.2, 0.25) is 0 Å². The molecule has 1 heterocycles. The molecule has 0 spiro atoms. The van der Waals surface area contributed by atoms with Gasteiger partial charge in [-0.3, -0.25) is 14.4 Å². The smallest absolute Gasteiger partial charge is 0.307 e. The van der Waals surface area contributed by atoms with Gasteiger partial charge in [-0.15, -0.1) is 0 Å². The summed E-state index contributed by atoms with van der Waals surface area (Å²) in [4.78, 5) is 37.8. The van der Waals surface area contributed by atoms with Gasteiger partial charge in [-0.05, 0) is 65.2 Å². The van der Waals surface area contributed by atoms with Crippen LogP contribution < -0.4 is 10.6 Å². The molecule has 0 aromatic carbocycles. The Hall–Kier alpha value is -1.93. The van der Waals surface area contributed by atoms with Crippen LogP contribution in [0.15, 0.2) is 12.2 Å². The predicted octanol–water partition coefficient (Wildman–Crippen LogP) is 7.29. The van der Waals surface area contributed by atoms with Crippen LogP contribution >= 0.6 is 0 Å². The molecule has 1 aliphatic heterocycles. The van der Waals surface area contributed by atoms with Gasteiger partial charge < -0.3 is 24.8 Å². The summed E-state index contributed by atoms with van der Waals surface area (Å²) < 4.78 is 17.2. The maximum Gasteiger partial charge on any atom is 0.307 e. The lowest BCUT2D eigenvalue weighted by Gasteiger charge is -2.44. The van der Waals surface area contributed by atoms with E-state index >= 15 is 0 Å². The number of carbonyl (C=O) groups excluding carboxylic acids is 3. The van der Waals surface area contributed by atoms with Crippen molar-refractivity contribution in [1.82, 2.24) is 10.6 Å². The van der Waals surface area contributed by atoms with Crippen molar-refractivity contribution in [2.45, 2.75) is 174 Å². The molecular weight excluding hydrogens is 544 g/mol. The number of esters is 1. The van der Waals surface area contributed by atoms with E-state index in [0.717, 1.165) is 44.9 Å². The average Bonchev–Trinajstić information content (AvgIpc) is 3.38. The van der Waals surface area contributed by atoms with Crippen molar-refractivity contribution in [3.8, 4) is 0 Å². The molecule has 8 nitrogen and oxygen atoms in total. The molecule has 2 aliphatic rings. The Bertz CT molecular complexity index is 855. The molecule has 0 aromatic heterocycles. The number of unbranched alkanes of at least 4 members (excludes halogenated alkanes) is 11. The molecule has 8 heteroatoms. The van der Waals surface area contributed by atoms with Crippen LogP contribution in [-0.2, 0) is 28.6 Å². The Kier molecular flexibility index (Phi) is 17.5. The Labute approximate surface area is 261 Å². The first kappa shape index (κ1) is 37.3. The third-order valence-electron chi connectivity index (χ3n) is 8.52. The number of carbonyl (C=O) groups is 3. The van der Waals surface area contributed by atoms with E-state index in [-0.39, 0.29) is 42.9 Å². The van der Waals surface area contributed by atoms with E-state index in [4.69, 9.17) is 14.2 Å². The van der Waals surface area contributed by atoms with Gasteiger partial charge in [0.05, 0.1) is 19.1 Å². The van der Waals surface area contributed by atoms with Crippen molar-refractivity contribution >= 4 is 17.8 Å². The molecule has 1 aliphatic carbocycles. The Morgan fingerprint density at radius 1 is 0.837 bits per heavy atom. The monoisotopic (exact) mass is 606 g/mol. The molecule has 43 heavy (non-hydrogen) atoms. The molecule has 2 fully saturated rings. The molecule has 0 aromatic rings. The normalized spacial score (nSPS) is 22.9. The van der Waals surface area contributed by atoms with Gasteiger partial charge in [-0.1, -0.05) is 84.3 Å². The topological polar surface area (TPSA) is 103 Å².